The summed E-state index contributed by atoms with van der Waals surface area (Å²) >= 11 is 3.64. The lowest BCUT2D eigenvalue weighted by molar-refractivity contribution is -0.120. The molecule has 1 unspecified atom stereocenters. The van der Waals surface area contributed by atoms with E-state index in [2.05, 4.69) is 64.2 Å². The van der Waals surface area contributed by atoms with Crippen LogP contribution in [0.5, 0.6) is 0 Å². The molecule has 1 atom stereocenters. The molecule has 0 radical (unpaired) electrons. The van der Waals surface area contributed by atoms with E-state index >= 15 is 0 Å². The first-order valence-electron chi connectivity index (χ1n) is 10.2. The number of rotatable bonds is 11. The molecule has 0 aliphatic carbocycles. The van der Waals surface area contributed by atoms with Gasteiger partial charge in [0.2, 0.25) is 5.91 Å². The third-order valence-electron chi connectivity index (χ3n) is 4.93. The zero-order chi connectivity index (χ0) is 20.3. The summed E-state index contributed by atoms with van der Waals surface area (Å²) in [5, 5.41) is 8.60. The van der Waals surface area contributed by atoms with E-state index in [9.17, 15) is 4.79 Å². The molecular weight excluding hydrogens is 402 g/mol. The van der Waals surface area contributed by atoms with Crippen LogP contribution in [0.25, 0.3) is 0 Å². The Hall–Kier alpha value is -1.38. The van der Waals surface area contributed by atoms with Crippen molar-refractivity contribution >= 4 is 29.0 Å². The Bertz CT molecular complexity index is 716. The molecule has 1 aliphatic heterocycles. The second-order valence-electron chi connectivity index (χ2n) is 7.24. The highest BCUT2D eigenvalue weighted by atomic mass is 32.2. The van der Waals surface area contributed by atoms with Gasteiger partial charge in [-0.3, -0.25) is 9.69 Å². The van der Waals surface area contributed by atoms with Gasteiger partial charge in [-0.1, -0.05) is 35.9 Å². The van der Waals surface area contributed by atoms with E-state index < -0.39 is 0 Å². The van der Waals surface area contributed by atoms with Crippen LogP contribution < -0.4 is 10.6 Å². The quantitative estimate of drug-likeness (QED) is 0.534. The molecule has 1 aliphatic rings. The van der Waals surface area contributed by atoms with Gasteiger partial charge in [-0.15, -0.1) is 11.3 Å². The molecule has 0 saturated carbocycles. The van der Waals surface area contributed by atoms with Crippen LogP contribution in [0.3, 0.4) is 0 Å². The molecule has 1 saturated heterocycles. The summed E-state index contributed by atoms with van der Waals surface area (Å²) in [7, 11) is 0. The van der Waals surface area contributed by atoms with E-state index in [0.29, 0.717) is 13.1 Å². The minimum absolute atomic E-state index is 0.0563. The van der Waals surface area contributed by atoms with E-state index in [1.54, 1.807) is 11.3 Å². The van der Waals surface area contributed by atoms with Crippen molar-refractivity contribution in [2.45, 2.75) is 18.7 Å². The summed E-state index contributed by atoms with van der Waals surface area (Å²) in [5.41, 5.74) is 2.47. The number of benzene rings is 1. The van der Waals surface area contributed by atoms with E-state index in [1.165, 1.54) is 16.0 Å². The van der Waals surface area contributed by atoms with Gasteiger partial charge < -0.3 is 15.4 Å². The van der Waals surface area contributed by atoms with Gasteiger partial charge in [-0.2, -0.15) is 11.8 Å². The molecule has 2 N–H and O–H groups in total. The number of morpholine rings is 1. The minimum atomic E-state index is 0.0563. The Kier molecular flexibility index (Phi) is 9.50. The molecule has 1 aromatic heterocycles. The third-order valence-corrected chi connectivity index (χ3v) is 6.99. The van der Waals surface area contributed by atoms with Crippen LogP contribution in [0.2, 0.25) is 0 Å². The van der Waals surface area contributed by atoms with Gasteiger partial charge in [0.15, 0.2) is 0 Å². The second-order valence-corrected chi connectivity index (χ2v) is 9.38. The monoisotopic (exact) mass is 433 g/mol. The number of nitrogens with one attached hydrogen (secondary N) is 2. The zero-order valence-corrected chi connectivity index (χ0v) is 18.7. The molecule has 7 heteroatoms. The second kappa shape index (κ2) is 12.3. The summed E-state index contributed by atoms with van der Waals surface area (Å²) in [6.45, 7) is 7.46. The predicted octanol–water partition coefficient (Wildman–Crippen LogP) is 3.07. The predicted molar refractivity (Wildman–Crippen MR) is 123 cm³/mol. The molecule has 2 aromatic rings. The lowest BCUT2D eigenvalue weighted by Gasteiger charge is -2.31. The number of amides is 1. The smallest absolute Gasteiger partial charge is 0.234 e. The number of nitrogens with zero attached hydrogens (tertiary/aromatic N) is 1. The van der Waals surface area contributed by atoms with Crippen molar-refractivity contribution < 1.29 is 9.53 Å². The van der Waals surface area contributed by atoms with Crippen molar-refractivity contribution in [3.05, 3.63) is 57.8 Å². The molecule has 158 valence electrons. The fourth-order valence-electron chi connectivity index (χ4n) is 3.24. The lowest BCUT2D eigenvalue weighted by atomic mass is 10.0. The molecule has 2 heterocycles. The number of thioether (sulfide) groups is 1. The lowest BCUT2D eigenvalue weighted by Crippen LogP contribution is -2.44. The van der Waals surface area contributed by atoms with Crippen molar-refractivity contribution in [2.75, 3.05) is 51.7 Å². The van der Waals surface area contributed by atoms with Gasteiger partial charge in [0.25, 0.3) is 0 Å². The summed E-state index contributed by atoms with van der Waals surface area (Å²) in [5.74, 6) is 2.00. The Morgan fingerprint density at radius 1 is 1.24 bits per heavy atom. The van der Waals surface area contributed by atoms with Gasteiger partial charge >= 0.3 is 0 Å². The first-order valence-corrected chi connectivity index (χ1v) is 12.2. The summed E-state index contributed by atoms with van der Waals surface area (Å²) < 4.78 is 5.46. The van der Waals surface area contributed by atoms with E-state index in [1.807, 2.05) is 11.8 Å². The first-order chi connectivity index (χ1) is 14.2. The van der Waals surface area contributed by atoms with Crippen LogP contribution in [0.4, 0.5) is 0 Å². The number of thiophene rings is 1. The Morgan fingerprint density at radius 3 is 2.76 bits per heavy atom. The molecule has 5 nitrogen and oxygen atoms in total. The van der Waals surface area contributed by atoms with Crippen molar-refractivity contribution in [2.24, 2.45) is 0 Å². The summed E-state index contributed by atoms with van der Waals surface area (Å²) in [6.07, 6.45) is 0. The number of hydrogen-bond donors (Lipinski definition) is 2. The van der Waals surface area contributed by atoms with Crippen molar-refractivity contribution in [3.8, 4) is 0 Å². The number of carbonyl (C=O) groups excluding carboxylic acids is 1. The zero-order valence-electron chi connectivity index (χ0n) is 17.1. The molecule has 1 fully saturated rings. The van der Waals surface area contributed by atoms with Crippen molar-refractivity contribution in [3.63, 3.8) is 0 Å². The average molecular weight is 434 g/mol. The van der Waals surface area contributed by atoms with Crippen LogP contribution in [-0.4, -0.2) is 62.5 Å². The summed E-state index contributed by atoms with van der Waals surface area (Å²) in [4.78, 5) is 16.1. The molecule has 1 amide bonds. The van der Waals surface area contributed by atoms with Crippen LogP contribution in [0.15, 0.2) is 41.8 Å². The van der Waals surface area contributed by atoms with Crippen LogP contribution in [0.1, 0.15) is 22.0 Å². The number of carbonyl (C=O) groups is 1. The van der Waals surface area contributed by atoms with Gasteiger partial charge in [0, 0.05) is 48.6 Å². The molecule has 0 bridgehead atoms. The van der Waals surface area contributed by atoms with Crippen molar-refractivity contribution in [1.29, 1.82) is 0 Å². The maximum Gasteiger partial charge on any atom is 0.234 e. The van der Waals surface area contributed by atoms with Gasteiger partial charge in [0.1, 0.15) is 0 Å². The van der Waals surface area contributed by atoms with Gasteiger partial charge in [-0.25, -0.2) is 0 Å². The number of aryl methyl sites for hydroxylation is 1. The number of ether oxygens (including phenoxy) is 1. The fourth-order valence-corrected chi connectivity index (χ4v) is 4.94. The molecule has 0 spiro atoms. The highest BCUT2D eigenvalue weighted by Gasteiger charge is 2.19. The van der Waals surface area contributed by atoms with Gasteiger partial charge in [0.05, 0.1) is 19.8 Å². The topological polar surface area (TPSA) is 53.6 Å². The average Bonchev–Trinajstić information content (AvgIpc) is 3.26. The molecule has 1 aromatic carbocycles. The highest BCUT2D eigenvalue weighted by Crippen LogP contribution is 2.17. The Morgan fingerprint density at radius 2 is 2.03 bits per heavy atom. The van der Waals surface area contributed by atoms with E-state index in [4.69, 9.17) is 4.74 Å². The molecular formula is C22H31N3O2S2. The first kappa shape index (κ1) is 22.3. The SMILES string of the molecule is Cc1ccc(C(CN2CCOCC2)NCC(=O)NCCSCc2cccs2)cc1. The standard InChI is InChI=1S/C22H31N3O2S2/c1-18-4-6-19(7-5-18)21(16-25-9-11-27-12-10-25)24-15-22(26)23-8-14-28-17-20-3-2-13-29-20/h2-7,13,21,24H,8-12,14-17H2,1H3,(H,23,26). The van der Waals surface area contributed by atoms with E-state index in [-0.39, 0.29) is 11.9 Å². The van der Waals surface area contributed by atoms with Crippen LogP contribution >= 0.6 is 23.1 Å². The van der Waals surface area contributed by atoms with Crippen LogP contribution in [-0.2, 0) is 15.3 Å². The Labute approximate surface area is 182 Å². The summed E-state index contributed by atoms with van der Waals surface area (Å²) in [6, 6.07) is 12.9. The minimum Gasteiger partial charge on any atom is -0.379 e. The molecule has 29 heavy (non-hydrogen) atoms. The highest BCUT2D eigenvalue weighted by molar-refractivity contribution is 7.98. The van der Waals surface area contributed by atoms with Crippen molar-refractivity contribution in [1.82, 2.24) is 15.5 Å². The Balaban J connectivity index is 1.41. The maximum atomic E-state index is 12.3. The van der Waals surface area contributed by atoms with Gasteiger partial charge in [-0.05, 0) is 23.9 Å². The molecule has 3 rings (SSSR count). The normalized spacial score (nSPS) is 15.9. The number of hydrogen-bond acceptors (Lipinski definition) is 6. The fraction of sp³-hybridized carbons (Fsp3) is 0.500. The largest absolute Gasteiger partial charge is 0.379 e. The van der Waals surface area contributed by atoms with E-state index in [0.717, 1.165) is 44.4 Å². The third kappa shape index (κ3) is 8.10. The van der Waals surface area contributed by atoms with Crippen LogP contribution in [0, 0.1) is 6.92 Å². The maximum absolute atomic E-state index is 12.3.